The highest BCUT2D eigenvalue weighted by molar-refractivity contribution is 5.92. The lowest BCUT2D eigenvalue weighted by molar-refractivity contribution is 0.660. The van der Waals surface area contributed by atoms with Crippen LogP contribution in [-0.4, -0.2) is 0 Å². The maximum Gasteiger partial charge on any atom is 0.0490 e. The van der Waals surface area contributed by atoms with E-state index < -0.39 is 0 Å². The molecule has 304 valence electrons. The Hall–Kier alpha value is -7.42. The third-order valence-electron chi connectivity index (χ3n) is 13.7. The Labute approximate surface area is 372 Å². The van der Waals surface area contributed by atoms with Crippen molar-refractivity contribution in [2.75, 3.05) is 9.80 Å². The van der Waals surface area contributed by atoms with Gasteiger partial charge in [-0.15, -0.1) is 0 Å². The van der Waals surface area contributed by atoms with E-state index in [2.05, 4.69) is 257 Å². The van der Waals surface area contributed by atoms with Crippen molar-refractivity contribution in [3.05, 3.63) is 239 Å². The van der Waals surface area contributed by atoms with E-state index in [0.717, 1.165) is 17.1 Å². The summed E-state index contributed by atoms with van der Waals surface area (Å²) in [7, 11) is 0. The summed E-state index contributed by atoms with van der Waals surface area (Å²) in [5.41, 5.74) is 21.0. The molecule has 0 fully saturated rings. The van der Waals surface area contributed by atoms with Gasteiger partial charge in [0.15, 0.2) is 0 Å². The number of hydrogen-bond donors (Lipinski definition) is 0. The van der Waals surface area contributed by atoms with E-state index in [-0.39, 0.29) is 10.8 Å². The molecule has 0 amide bonds. The van der Waals surface area contributed by atoms with E-state index >= 15 is 0 Å². The second-order valence-corrected chi connectivity index (χ2v) is 18.3. The average Bonchev–Trinajstić information content (AvgIpc) is 3.68. The number of anilines is 6. The Balaban J connectivity index is 0.894. The van der Waals surface area contributed by atoms with E-state index in [1.165, 1.54) is 89.0 Å². The zero-order chi connectivity index (χ0) is 42.9. The van der Waals surface area contributed by atoms with Gasteiger partial charge in [-0.25, -0.2) is 0 Å². The molecule has 9 aromatic rings. The monoisotopic (exact) mass is 810 g/mol. The summed E-state index contributed by atoms with van der Waals surface area (Å²) >= 11 is 0. The normalized spacial score (nSPS) is 14.0. The van der Waals surface area contributed by atoms with E-state index in [4.69, 9.17) is 0 Å². The number of para-hydroxylation sites is 3. The van der Waals surface area contributed by atoms with Gasteiger partial charge in [0.1, 0.15) is 0 Å². The van der Waals surface area contributed by atoms with Crippen LogP contribution in [0.4, 0.5) is 34.1 Å². The third-order valence-corrected chi connectivity index (χ3v) is 13.7. The SMILES string of the molecule is Cc1ccccc1N(c1ccc2c(c1)C(C)(C)c1cc(/C=C/c3ccc4c(c3)C(C)(C)c3cc(N(c5ccccc5)c5ccccc5)ccc3-4)ccc1-2)c1ccc2ccccc2c1. The van der Waals surface area contributed by atoms with Crippen LogP contribution in [0.15, 0.2) is 200 Å². The molecule has 0 heterocycles. The van der Waals surface area contributed by atoms with Gasteiger partial charge in [0.05, 0.1) is 0 Å². The van der Waals surface area contributed by atoms with Gasteiger partial charge in [0.2, 0.25) is 0 Å². The standard InChI is InChI=1S/C61H50N2/c1-41-16-12-15-23-59(41)63(48-29-28-44-17-13-14-18-45(44)38-48)50-31-35-54-52-33-27-43(37-56(52)61(4,5)58(54)40-50)25-24-42-26-32-51-53-34-30-49(39-57(53)60(2,3)55(51)36-42)62(46-19-8-6-9-20-46)47-21-10-7-11-22-47/h6-40H,1-5H3/b25-24+. The number of rotatable bonds is 8. The van der Waals surface area contributed by atoms with Crippen LogP contribution in [0.1, 0.15) is 66.6 Å². The van der Waals surface area contributed by atoms with E-state index in [9.17, 15) is 0 Å². The maximum absolute atomic E-state index is 2.43. The lowest BCUT2D eigenvalue weighted by Crippen LogP contribution is -2.17. The molecule has 0 bridgehead atoms. The van der Waals surface area contributed by atoms with Gasteiger partial charge in [-0.2, -0.15) is 0 Å². The Morgan fingerprint density at radius 2 is 0.746 bits per heavy atom. The molecule has 2 aliphatic rings. The number of aryl methyl sites for hydroxylation is 1. The second-order valence-electron chi connectivity index (χ2n) is 18.3. The zero-order valence-corrected chi connectivity index (χ0v) is 36.6. The van der Waals surface area contributed by atoms with Crippen molar-refractivity contribution in [1.29, 1.82) is 0 Å². The minimum Gasteiger partial charge on any atom is -0.310 e. The van der Waals surface area contributed by atoms with E-state index in [0.29, 0.717) is 0 Å². The Bertz CT molecular complexity index is 3210. The van der Waals surface area contributed by atoms with Gasteiger partial charge in [-0.05, 0) is 146 Å². The molecule has 2 nitrogen and oxygen atoms in total. The van der Waals surface area contributed by atoms with Crippen molar-refractivity contribution in [2.45, 2.75) is 45.4 Å². The predicted octanol–water partition coefficient (Wildman–Crippen LogP) is 16.9. The Morgan fingerprint density at radius 1 is 0.333 bits per heavy atom. The van der Waals surface area contributed by atoms with Crippen molar-refractivity contribution in [2.24, 2.45) is 0 Å². The van der Waals surface area contributed by atoms with E-state index in [1.807, 2.05) is 0 Å². The molecule has 0 spiro atoms. The number of hydrogen-bond acceptors (Lipinski definition) is 2. The fourth-order valence-electron chi connectivity index (χ4n) is 10.3. The maximum atomic E-state index is 2.43. The molecule has 0 unspecified atom stereocenters. The molecule has 63 heavy (non-hydrogen) atoms. The summed E-state index contributed by atoms with van der Waals surface area (Å²) < 4.78 is 0. The van der Waals surface area contributed by atoms with Crippen molar-refractivity contribution in [3.8, 4) is 22.3 Å². The third kappa shape index (κ3) is 6.48. The first kappa shape index (κ1) is 38.5. The summed E-state index contributed by atoms with van der Waals surface area (Å²) in [5, 5.41) is 2.48. The summed E-state index contributed by atoms with van der Waals surface area (Å²) in [5.74, 6) is 0. The molecular weight excluding hydrogens is 761 g/mol. The first-order chi connectivity index (χ1) is 30.6. The smallest absolute Gasteiger partial charge is 0.0490 e. The first-order valence-corrected chi connectivity index (χ1v) is 22.2. The van der Waals surface area contributed by atoms with E-state index in [1.54, 1.807) is 0 Å². The summed E-state index contributed by atoms with van der Waals surface area (Å²) in [6.45, 7) is 11.7. The zero-order valence-electron chi connectivity index (χ0n) is 36.6. The average molecular weight is 811 g/mol. The summed E-state index contributed by atoms with van der Waals surface area (Å²) in [6, 6.07) is 73.6. The van der Waals surface area contributed by atoms with Crippen LogP contribution < -0.4 is 9.80 Å². The minimum atomic E-state index is -0.176. The van der Waals surface area contributed by atoms with Crippen LogP contribution in [0.3, 0.4) is 0 Å². The number of fused-ring (bicyclic) bond motifs is 7. The summed E-state index contributed by atoms with van der Waals surface area (Å²) in [4.78, 5) is 4.78. The van der Waals surface area contributed by atoms with Crippen molar-refractivity contribution >= 4 is 57.0 Å². The molecule has 0 saturated carbocycles. The van der Waals surface area contributed by atoms with Gasteiger partial charge < -0.3 is 9.80 Å². The van der Waals surface area contributed by atoms with Crippen LogP contribution in [0.5, 0.6) is 0 Å². The molecule has 0 atom stereocenters. The van der Waals surface area contributed by atoms with Gasteiger partial charge in [0.25, 0.3) is 0 Å². The lowest BCUT2D eigenvalue weighted by atomic mass is 9.81. The van der Waals surface area contributed by atoms with Crippen LogP contribution in [0, 0.1) is 6.92 Å². The highest BCUT2D eigenvalue weighted by Crippen LogP contribution is 2.53. The molecule has 2 heteroatoms. The lowest BCUT2D eigenvalue weighted by Gasteiger charge is -2.29. The Kier molecular flexibility index (Phi) is 9.10. The highest BCUT2D eigenvalue weighted by Gasteiger charge is 2.37. The molecular formula is C61H50N2. The van der Waals surface area contributed by atoms with Gasteiger partial charge in [-0.3, -0.25) is 0 Å². The van der Waals surface area contributed by atoms with Crippen molar-refractivity contribution in [3.63, 3.8) is 0 Å². The minimum absolute atomic E-state index is 0.158. The molecule has 11 rings (SSSR count). The van der Waals surface area contributed by atoms with Gasteiger partial charge in [0, 0.05) is 45.0 Å². The van der Waals surface area contributed by atoms with Crippen LogP contribution in [-0.2, 0) is 10.8 Å². The second kappa shape index (κ2) is 14.9. The first-order valence-electron chi connectivity index (χ1n) is 22.2. The van der Waals surface area contributed by atoms with Crippen LogP contribution in [0.25, 0.3) is 45.2 Å². The molecule has 2 aliphatic carbocycles. The van der Waals surface area contributed by atoms with Crippen molar-refractivity contribution < 1.29 is 0 Å². The highest BCUT2D eigenvalue weighted by atomic mass is 15.1. The molecule has 0 N–H and O–H groups in total. The molecule has 0 aliphatic heterocycles. The molecule has 0 radical (unpaired) electrons. The number of nitrogens with zero attached hydrogens (tertiary/aromatic N) is 2. The summed E-state index contributed by atoms with van der Waals surface area (Å²) in [6.07, 6.45) is 4.58. The molecule has 0 aromatic heterocycles. The van der Waals surface area contributed by atoms with Gasteiger partial charge >= 0.3 is 0 Å². The number of benzene rings is 9. The predicted molar refractivity (Wildman–Crippen MR) is 269 cm³/mol. The fraction of sp³-hybridized carbons (Fsp3) is 0.115. The quantitative estimate of drug-likeness (QED) is 0.141. The molecule has 0 saturated heterocycles. The van der Waals surface area contributed by atoms with Crippen LogP contribution >= 0.6 is 0 Å². The topological polar surface area (TPSA) is 6.48 Å². The largest absolute Gasteiger partial charge is 0.310 e. The van der Waals surface area contributed by atoms with Crippen molar-refractivity contribution in [1.82, 2.24) is 0 Å². The van der Waals surface area contributed by atoms with Crippen LogP contribution in [0.2, 0.25) is 0 Å². The van der Waals surface area contributed by atoms with Gasteiger partial charge in [-0.1, -0.05) is 173 Å². The fourth-order valence-corrected chi connectivity index (χ4v) is 10.3. The Morgan fingerprint density at radius 3 is 1.29 bits per heavy atom. The molecule has 9 aromatic carbocycles.